The van der Waals surface area contributed by atoms with Gasteiger partial charge in [0.15, 0.2) is 5.82 Å². The molecule has 1 aliphatic heterocycles. The fraction of sp³-hybridized carbons (Fsp3) is 0.263. The van der Waals surface area contributed by atoms with Crippen molar-refractivity contribution in [3.63, 3.8) is 0 Å². The van der Waals surface area contributed by atoms with Crippen molar-refractivity contribution < 1.29 is 14.3 Å². The van der Waals surface area contributed by atoms with E-state index in [0.29, 0.717) is 29.6 Å². The van der Waals surface area contributed by atoms with Crippen LogP contribution in [0.15, 0.2) is 48.8 Å². The number of thioether (sulfide) groups is 1. The number of pyridine rings is 2. The van der Waals surface area contributed by atoms with Crippen LogP contribution in [-0.2, 0) is 4.79 Å². The number of methoxy groups -OCH3 is 1. The lowest BCUT2D eigenvalue weighted by Crippen LogP contribution is -2.41. The second kappa shape index (κ2) is 8.10. The molecule has 0 saturated carbocycles. The van der Waals surface area contributed by atoms with Crippen LogP contribution < -0.4 is 20.1 Å². The topological polar surface area (TPSA) is 108 Å². The number of ether oxygens (including phenoxy) is 2. The second-order valence-corrected chi connectivity index (χ2v) is 7.35. The van der Waals surface area contributed by atoms with Gasteiger partial charge in [-0.2, -0.15) is 0 Å². The molecular weight excluding hydrogens is 392 g/mol. The van der Waals surface area contributed by atoms with Crippen LogP contribution in [-0.4, -0.2) is 50.5 Å². The monoisotopic (exact) mass is 412 g/mol. The summed E-state index contributed by atoms with van der Waals surface area (Å²) in [5.41, 5.74) is 6.15. The summed E-state index contributed by atoms with van der Waals surface area (Å²) in [4.78, 5) is 23.7. The predicted molar refractivity (Wildman–Crippen MR) is 110 cm³/mol. The van der Waals surface area contributed by atoms with Crippen molar-refractivity contribution in [2.24, 2.45) is 5.73 Å². The van der Waals surface area contributed by atoms with E-state index >= 15 is 0 Å². The Balaban J connectivity index is 1.85. The molecule has 2 atom stereocenters. The number of aromatic nitrogens is 4. The van der Waals surface area contributed by atoms with Crippen molar-refractivity contribution in [2.75, 3.05) is 18.3 Å². The number of nitrogens with two attached hydrogens (primary N) is 1. The van der Waals surface area contributed by atoms with E-state index in [0.717, 1.165) is 0 Å². The van der Waals surface area contributed by atoms with E-state index in [1.807, 2.05) is 41.5 Å². The minimum Gasteiger partial charge on any atom is -0.495 e. The second-order valence-electron chi connectivity index (χ2n) is 6.33. The summed E-state index contributed by atoms with van der Waals surface area (Å²) in [5, 5.41) is 4.06. The lowest BCUT2D eigenvalue weighted by atomic mass is 10.2. The average molecular weight is 412 g/mol. The van der Waals surface area contributed by atoms with Gasteiger partial charge in [0, 0.05) is 18.7 Å². The van der Waals surface area contributed by atoms with E-state index in [4.69, 9.17) is 20.2 Å². The summed E-state index contributed by atoms with van der Waals surface area (Å²) < 4.78 is 12.1. The van der Waals surface area contributed by atoms with E-state index in [-0.39, 0.29) is 11.3 Å². The molecule has 9 nitrogen and oxygen atoms in total. The van der Waals surface area contributed by atoms with Crippen molar-refractivity contribution in [1.82, 2.24) is 19.7 Å². The van der Waals surface area contributed by atoms with Gasteiger partial charge in [-0.25, -0.2) is 19.4 Å². The number of fused-ring (bicyclic) bond motifs is 5. The zero-order valence-electron chi connectivity index (χ0n) is 15.9. The van der Waals surface area contributed by atoms with Gasteiger partial charge in [-0.15, -0.1) is 16.9 Å². The molecular formula is C19H20N6O3S. The maximum absolute atomic E-state index is 12.5. The molecule has 4 heterocycles. The first-order chi connectivity index (χ1) is 14.1. The van der Waals surface area contributed by atoms with Gasteiger partial charge in [-0.05, 0) is 30.5 Å². The van der Waals surface area contributed by atoms with Crippen LogP contribution >= 0.6 is 11.8 Å². The molecule has 0 amide bonds. The van der Waals surface area contributed by atoms with Crippen LogP contribution in [0.3, 0.4) is 0 Å². The minimum absolute atomic E-state index is 0.188. The lowest BCUT2D eigenvalue weighted by Gasteiger charge is -2.32. The van der Waals surface area contributed by atoms with Gasteiger partial charge >= 0.3 is 5.97 Å². The molecule has 0 spiro atoms. The van der Waals surface area contributed by atoms with Crippen molar-refractivity contribution >= 4 is 29.4 Å². The van der Waals surface area contributed by atoms with E-state index < -0.39 is 12.0 Å². The molecule has 0 radical (unpaired) electrons. The number of hydrogen-bond acceptors (Lipinski definition) is 9. The maximum atomic E-state index is 12.5. The minimum atomic E-state index is -0.832. The fourth-order valence-corrected chi connectivity index (χ4v) is 3.84. The van der Waals surface area contributed by atoms with Crippen LogP contribution in [0.25, 0.3) is 5.82 Å². The van der Waals surface area contributed by atoms with Crippen LogP contribution in [0.2, 0.25) is 0 Å². The van der Waals surface area contributed by atoms with Gasteiger partial charge in [0.25, 0.3) is 0 Å². The van der Waals surface area contributed by atoms with Gasteiger partial charge in [-0.3, -0.25) is 4.90 Å². The highest BCUT2D eigenvalue weighted by Crippen LogP contribution is 2.32. The van der Waals surface area contributed by atoms with Gasteiger partial charge in [0.05, 0.1) is 18.7 Å². The zero-order chi connectivity index (χ0) is 20.4. The largest absolute Gasteiger partial charge is 0.495 e. The van der Waals surface area contributed by atoms with Crippen molar-refractivity contribution in [1.29, 1.82) is 0 Å². The summed E-state index contributed by atoms with van der Waals surface area (Å²) in [6.07, 6.45) is 5.61. The number of hydrogen-bond donors (Lipinski definition) is 1. The van der Waals surface area contributed by atoms with Gasteiger partial charge in [0.2, 0.25) is 5.88 Å². The third-order valence-corrected chi connectivity index (χ3v) is 5.44. The van der Waals surface area contributed by atoms with E-state index in [1.165, 1.54) is 0 Å². The Morgan fingerprint density at radius 2 is 2.03 bits per heavy atom. The normalized spacial score (nSPS) is 19.1. The molecule has 3 aromatic heterocycles. The Hall–Kier alpha value is -3.11. The summed E-state index contributed by atoms with van der Waals surface area (Å²) in [6.45, 7) is 0. The van der Waals surface area contributed by atoms with Gasteiger partial charge in [-0.1, -0.05) is 6.07 Å². The molecule has 0 saturated heterocycles. The number of rotatable bonds is 3. The highest BCUT2D eigenvalue weighted by Gasteiger charge is 2.29. The van der Waals surface area contributed by atoms with E-state index in [2.05, 4.69) is 10.1 Å². The molecule has 0 aliphatic carbocycles. The quantitative estimate of drug-likeness (QED) is 0.647. The first-order valence-electron chi connectivity index (χ1n) is 8.91. The third-order valence-electron chi connectivity index (χ3n) is 4.49. The number of anilines is 2. The molecule has 10 heteroatoms. The molecule has 2 N–H and O–H groups in total. The van der Waals surface area contributed by atoms with Crippen LogP contribution in [0, 0.1) is 0 Å². The Labute approximate surface area is 171 Å². The van der Waals surface area contributed by atoms with Crippen LogP contribution in [0.4, 0.5) is 11.6 Å². The lowest BCUT2D eigenvalue weighted by molar-refractivity contribution is -0.136. The highest BCUT2D eigenvalue weighted by molar-refractivity contribution is 7.99. The zero-order valence-corrected chi connectivity index (χ0v) is 16.7. The van der Waals surface area contributed by atoms with Gasteiger partial charge < -0.3 is 15.2 Å². The SMILES string of the molecule is COc1ccc(N2c3cccc(n3)-n3ccc(n3)OC(=O)C(N)CC2SC)nc1. The van der Waals surface area contributed by atoms with E-state index in [9.17, 15) is 4.79 Å². The smallest absolute Gasteiger partial charge is 0.329 e. The molecule has 150 valence electrons. The summed E-state index contributed by atoms with van der Waals surface area (Å²) in [5.74, 6) is 2.22. The Morgan fingerprint density at radius 3 is 2.76 bits per heavy atom. The summed E-state index contributed by atoms with van der Waals surface area (Å²) in [7, 11) is 1.59. The first kappa shape index (κ1) is 19.2. The van der Waals surface area contributed by atoms with Gasteiger partial charge in [0.1, 0.15) is 23.4 Å². The maximum Gasteiger partial charge on any atom is 0.329 e. The molecule has 0 fully saturated rings. The molecule has 4 rings (SSSR count). The molecule has 1 aliphatic rings. The van der Waals surface area contributed by atoms with E-state index in [1.54, 1.807) is 42.0 Å². The molecule has 3 aromatic rings. The first-order valence-corrected chi connectivity index (χ1v) is 10.2. The number of esters is 1. The highest BCUT2D eigenvalue weighted by atomic mass is 32.2. The molecule has 2 unspecified atom stereocenters. The predicted octanol–water partition coefficient (Wildman–Crippen LogP) is 2.13. The Kier molecular flexibility index (Phi) is 5.36. The van der Waals surface area contributed by atoms with Crippen molar-refractivity contribution in [3.05, 3.63) is 48.8 Å². The number of carbonyl (C=O) groups excluding carboxylic acids is 1. The van der Waals surface area contributed by atoms with Crippen molar-refractivity contribution in [2.45, 2.75) is 17.8 Å². The van der Waals surface area contributed by atoms with Crippen LogP contribution in [0.5, 0.6) is 11.6 Å². The Bertz CT molecular complexity index is 1010. The third kappa shape index (κ3) is 3.89. The number of nitrogens with zero attached hydrogens (tertiary/aromatic N) is 5. The average Bonchev–Trinajstić information content (AvgIpc) is 3.21. The number of carbonyl (C=O) groups is 1. The molecule has 0 aromatic carbocycles. The van der Waals surface area contributed by atoms with Crippen LogP contribution in [0.1, 0.15) is 6.42 Å². The Morgan fingerprint density at radius 1 is 1.21 bits per heavy atom. The summed E-state index contributed by atoms with van der Waals surface area (Å²) in [6, 6.07) is 10.1. The summed E-state index contributed by atoms with van der Waals surface area (Å²) >= 11 is 1.55. The molecule has 4 bridgehead atoms. The fourth-order valence-electron chi connectivity index (χ4n) is 3.01. The van der Waals surface area contributed by atoms with Crippen molar-refractivity contribution in [3.8, 4) is 17.4 Å². The standard InChI is InChI=1S/C19H20N6O3S/c1-27-12-6-7-14(21-11-12)25-16-5-3-4-15(22-16)24-9-8-17(23-24)28-19(26)13(20)10-18(25)29-2/h3-9,11,13,18H,10,20H2,1-2H3. The molecule has 29 heavy (non-hydrogen) atoms.